The lowest BCUT2D eigenvalue weighted by molar-refractivity contribution is 0.519. The fraction of sp³-hybridized carbons (Fsp3) is 0.333. The average Bonchev–Trinajstić information content (AvgIpc) is 2.73. The molecule has 4 heteroatoms. The molecule has 0 amide bonds. The predicted molar refractivity (Wildman–Crippen MR) is 60.6 cm³/mol. The molecular weight excluding hydrogens is 204 g/mol. The number of nitrogens with zero attached hydrogens (tertiary/aromatic N) is 2. The van der Waals surface area contributed by atoms with Crippen molar-refractivity contribution in [1.29, 1.82) is 0 Å². The molecule has 4 nitrogen and oxygen atoms in total. The third-order valence-corrected chi connectivity index (χ3v) is 2.28. The quantitative estimate of drug-likeness (QED) is 0.791. The Hall–Kier alpha value is -1.84. The van der Waals surface area contributed by atoms with Crippen molar-refractivity contribution in [2.75, 3.05) is 0 Å². The smallest absolute Gasteiger partial charge is 0.308 e. The molecule has 0 atom stereocenters. The van der Waals surface area contributed by atoms with Crippen LogP contribution in [0.4, 0.5) is 0 Å². The SMILES string of the molecule is CC(C)Cc1cccn(-c2ncco2)c1=O. The molecule has 84 valence electrons. The summed E-state index contributed by atoms with van der Waals surface area (Å²) in [6, 6.07) is 4.00. The summed E-state index contributed by atoms with van der Waals surface area (Å²) in [6.07, 6.45) is 5.41. The molecule has 2 aromatic rings. The van der Waals surface area contributed by atoms with E-state index in [0.717, 1.165) is 12.0 Å². The van der Waals surface area contributed by atoms with Gasteiger partial charge in [-0.15, -0.1) is 0 Å². The van der Waals surface area contributed by atoms with Gasteiger partial charge in [-0.05, 0) is 18.4 Å². The Kier molecular flexibility index (Phi) is 2.90. The van der Waals surface area contributed by atoms with Crippen molar-refractivity contribution in [2.45, 2.75) is 20.3 Å². The zero-order chi connectivity index (χ0) is 11.5. The van der Waals surface area contributed by atoms with Crippen molar-refractivity contribution in [3.8, 4) is 6.01 Å². The Labute approximate surface area is 93.6 Å². The van der Waals surface area contributed by atoms with Crippen LogP contribution in [-0.2, 0) is 6.42 Å². The zero-order valence-corrected chi connectivity index (χ0v) is 9.38. The van der Waals surface area contributed by atoms with E-state index in [1.165, 1.54) is 17.0 Å². The standard InChI is InChI=1S/C12H14N2O2/c1-9(2)8-10-4-3-6-14(11(10)15)12-13-5-7-16-12/h3-7,9H,8H2,1-2H3. The van der Waals surface area contributed by atoms with Gasteiger partial charge in [0.25, 0.3) is 5.56 Å². The first-order chi connectivity index (χ1) is 7.68. The highest BCUT2D eigenvalue weighted by Gasteiger charge is 2.08. The van der Waals surface area contributed by atoms with Gasteiger partial charge in [0.05, 0.1) is 6.20 Å². The Morgan fingerprint density at radius 1 is 1.50 bits per heavy atom. The lowest BCUT2D eigenvalue weighted by atomic mass is 10.0. The minimum absolute atomic E-state index is 0.0568. The van der Waals surface area contributed by atoms with Gasteiger partial charge in [0, 0.05) is 11.8 Å². The average molecular weight is 218 g/mol. The maximum atomic E-state index is 12.1. The maximum absolute atomic E-state index is 12.1. The van der Waals surface area contributed by atoms with Crippen LogP contribution < -0.4 is 5.56 Å². The first-order valence-electron chi connectivity index (χ1n) is 5.29. The highest BCUT2D eigenvalue weighted by atomic mass is 16.4. The van der Waals surface area contributed by atoms with Crippen LogP contribution in [0.15, 0.2) is 40.0 Å². The first kappa shape index (κ1) is 10.7. The van der Waals surface area contributed by atoms with E-state index in [2.05, 4.69) is 18.8 Å². The summed E-state index contributed by atoms with van der Waals surface area (Å²) in [6.45, 7) is 4.17. The summed E-state index contributed by atoms with van der Waals surface area (Å²) in [5, 5.41) is 0. The lowest BCUT2D eigenvalue weighted by Crippen LogP contribution is -2.22. The van der Waals surface area contributed by atoms with E-state index >= 15 is 0 Å². The van der Waals surface area contributed by atoms with Crippen molar-refractivity contribution in [3.63, 3.8) is 0 Å². The molecule has 0 aromatic carbocycles. The molecule has 0 aliphatic rings. The van der Waals surface area contributed by atoms with E-state index in [-0.39, 0.29) is 5.56 Å². The minimum atomic E-state index is -0.0568. The fourth-order valence-corrected chi connectivity index (χ4v) is 1.62. The molecule has 16 heavy (non-hydrogen) atoms. The first-order valence-corrected chi connectivity index (χ1v) is 5.29. The van der Waals surface area contributed by atoms with Gasteiger partial charge in [0.1, 0.15) is 6.26 Å². The molecule has 0 aliphatic heterocycles. The van der Waals surface area contributed by atoms with Crippen molar-refractivity contribution >= 4 is 0 Å². The Balaban J connectivity index is 2.45. The molecule has 0 aliphatic carbocycles. The summed E-state index contributed by atoms with van der Waals surface area (Å²) in [5.74, 6) is 0.452. The molecule has 0 saturated heterocycles. The van der Waals surface area contributed by atoms with Gasteiger partial charge in [-0.25, -0.2) is 9.55 Å². The van der Waals surface area contributed by atoms with Crippen LogP contribution in [0, 0.1) is 5.92 Å². The van der Waals surface area contributed by atoms with Gasteiger partial charge in [-0.3, -0.25) is 4.79 Å². The van der Waals surface area contributed by atoms with E-state index in [0.29, 0.717) is 11.9 Å². The van der Waals surface area contributed by atoms with Crippen LogP contribution in [0.5, 0.6) is 0 Å². The van der Waals surface area contributed by atoms with Crippen LogP contribution in [0.1, 0.15) is 19.4 Å². The molecule has 0 fully saturated rings. The number of hydrogen-bond donors (Lipinski definition) is 0. The number of hydrogen-bond acceptors (Lipinski definition) is 3. The van der Waals surface area contributed by atoms with E-state index in [4.69, 9.17) is 4.42 Å². The van der Waals surface area contributed by atoms with Crippen molar-refractivity contribution in [1.82, 2.24) is 9.55 Å². The Morgan fingerprint density at radius 2 is 2.31 bits per heavy atom. The molecule has 0 saturated carbocycles. The molecule has 0 spiro atoms. The predicted octanol–water partition coefficient (Wildman–Crippen LogP) is 2.02. The van der Waals surface area contributed by atoms with E-state index in [1.54, 1.807) is 6.20 Å². The van der Waals surface area contributed by atoms with Gasteiger partial charge in [-0.2, -0.15) is 0 Å². The molecular formula is C12H14N2O2. The summed E-state index contributed by atoms with van der Waals surface area (Å²) in [7, 11) is 0. The highest BCUT2D eigenvalue weighted by Crippen LogP contribution is 2.05. The van der Waals surface area contributed by atoms with Gasteiger partial charge >= 0.3 is 6.01 Å². The second-order valence-electron chi connectivity index (χ2n) is 4.12. The lowest BCUT2D eigenvalue weighted by Gasteiger charge is -2.06. The summed E-state index contributed by atoms with van der Waals surface area (Å²) in [5.41, 5.74) is 0.731. The fourth-order valence-electron chi connectivity index (χ4n) is 1.62. The summed E-state index contributed by atoms with van der Waals surface area (Å²) in [4.78, 5) is 16.0. The van der Waals surface area contributed by atoms with E-state index < -0.39 is 0 Å². The summed E-state index contributed by atoms with van der Waals surface area (Å²) < 4.78 is 6.54. The molecule has 0 radical (unpaired) electrons. The van der Waals surface area contributed by atoms with Crippen molar-refractivity contribution < 1.29 is 4.42 Å². The third-order valence-electron chi connectivity index (χ3n) is 2.28. The van der Waals surface area contributed by atoms with E-state index in [9.17, 15) is 4.79 Å². The number of oxazole rings is 1. The topological polar surface area (TPSA) is 48.0 Å². The molecule has 2 aromatic heterocycles. The number of rotatable bonds is 3. The normalized spacial score (nSPS) is 10.9. The maximum Gasteiger partial charge on any atom is 0.308 e. The van der Waals surface area contributed by atoms with Gasteiger partial charge < -0.3 is 4.42 Å². The van der Waals surface area contributed by atoms with Crippen molar-refractivity contribution in [2.24, 2.45) is 5.92 Å². The number of aromatic nitrogens is 2. The third kappa shape index (κ3) is 2.05. The molecule has 0 unspecified atom stereocenters. The highest BCUT2D eigenvalue weighted by molar-refractivity contribution is 5.17. The van der Waals surface area contributed by atoms with Gasteiger partial charge in [-0.1, -0.05) is 19.9 Å². The van der Waals surface area contributed by atoms with E-state index in [1.807, 2.05) is 12.1 Å². The van der Waals surface area contributed by atoms with Gasteiger partial charge in [0.15, 0.2) is 0 Å². The molecule has 2 rings (SSSR count). The van der Waals surface area contributed by atoms with Gasteiger partial charge in [0.2, 0.25) is 0 Å². The molecule has 2 heterocycles. The van der Waals surface area contributed by atoms with Crippen LogP contribution in [0.25, 0.3) is 6.01 Å². The molecule has 0 N–H and O–H groups in total. The van der Waals surface area contributed by atoms with Crippen molar-refractivity contribution in [3.05, 3.63) is 46.7 Å². The number of pyridine rings is 1. The second kappa shape index (κ2) is 4.35. The second-order valence-corrected chi connectivity index (χ2v) is 4.12. The zero-order valence-electron chi connectivity index (χ0n) is 9.38. The van der Waals surface area contributed by atoms with Crippen LogP contribution in [0.3, 0.4) is 0 Å². The van der Waals surface area contributed by atoms with Crippen LogP contribution >= 0.6 is 0 Å². The molecule has 0 bridgehead atoms. The summed E-state index contributed by atoms with van der Waals surface area (Å²) >= 11 is 0. The largest absolute Gasteiger partial charge is 0.432 e. The monoisotopic (exact) mass is 218 g/mol. The van der Waals surface area contributed by atoms with Crippen LogP contribution in [-0.4, -0.2) is 9.55 Å². The Morgan fingerprint density at radius 3 is 2.94 bits per heavy atom. The van der Waals surface area contributed by atoms with Crippen LogP contribution in [0.2, 0.25) is 0 Å². The minimum Gasteiger partial charge on any atom is -0.432 e. The Bertz CT molecular complexity index is 512.